The summed E-state index contributed by atoms with van der Waals surface area (Å²) in [5, 5.41) is 15.1. The number of benzene rings is 1. The van der Waals surface area contributed by atoms with Crippen LogP contribution < -0.4 is 5.32 Å². The Bertz CT molecular complexity index is 1250. The lowest BCUT2D eigenvalue weighted by atomic mass is 10.1. The quantitative estimate of drug-likeness (QED) is 0.582. The van der Waals surface area contributed by atoms with E-state index in [2.05, 4.69) is 20.0 Å². The van der Waals surface area contributed by atoms with Crippen LogP contribution in [-0.2, 0) is 10.9 Å². The van der Waals surface area contributed by atoms with Crippen molar-refractivity contribution in [2.24, 2.45) is 0 Å². The van der Waals surface area contributed by atoms with E-state index in [1.165, 1.54) is 18.2 Å². The van der Waals surface area contributed by atoms with Crippen molar-refractivity contribution in [2.75, 3.05) is 26.3 Å². The van der Waals surface area contributed by atoms with E-state index < -0.39 is 24.0 Å². The van der Waals surface area contributed by atoms with Crippen LogP contribution in [0.15, 0.2) is 40.9 Å². The smallest absolute Gasteiger partial charge is 0.377 e. The summed E-state index contributed by atoms with van der Waals surface area (Å²) in [5.74, 6) is -2.49. The fourth-order valence-corrected chi connectivity index (χ4v) is 4.14. The third-order valence-corrected chi connectivity index (χ3v) is 6.02. The Morgan fingerprint density at radius 3 is 2.85 bits per heavy atom. The highest BCUT2D eigenvalue weighted by Gasteiger charge is 2.38. The van der Waals surface area contributed by atoms with Crippen molar-refractivity contribution in [3.05, 3.63) is 58.3 Å². The maximum Gasteiger partial charge on any atom is 0.471 e. The molecule has 0 aliphatic carbocycles. The molecule has 3 heterocycles. The highest BCUT2D eigenvalue weighted by atomic mass is 32.1. The van der Waals surface area contributed by atoms with Crippen LogP contribution in [0.1, 0.15) is 31.5 Å². The Morgan fingerprint density at radius 2 is 2.12 bits per heavy atom. The van der Waals surface area contributed by atoms with Crippen LogP contribution in [0.3, 0.4) is 0 Å². The summed E-state index contributed by atoms with van der Waals surface area (Å²) in [7, 11) is 0. The van der Waals surface area contributed by atoms with Gasteiger partial charge in [0, 0.05) is 18.7 Å². The van der Waals surface area contributed by atoms with Gasteiger partial charge in [0.15, 0.2) is 0 Å². The monoisotopic (exact) mass is 491 g/mol. The van der Waals surface area contributed by atoms with Crippen LogP contribution in [0, 0.1) is 11.3 Å². The number of nitrogens with one attached hydrogen (secondary N) is 1. The summed E-state index contributed by atoms with van der Waals surface area (Å²) in [6.45, 7) is 0.963. The zero-order valence-electron chi connectivity index (χ0n) is 17.3. The van der Waals surface area contributed by atoms with E-state index in [1.807, 2.05) is 6.07 Å². The van der Waals surface area contributed by atoms with Crippen LogP contribution >= 0.6 is 11.3 Å². The second kappa shape index (κ2) is 9.62. The van der Waals surface area contributed by atoms with Crippen LogP contribution in [0.4, 0.5) is 13.2 Å². The Labute approximate surface area is 194 Å². The summed E-state index contributed by atoms with van der Waals surface area (Å²) >= 11 is 0.906. The molecule has 176 valence electrons. The maximum absolute atomic E-state index is 13.0. The second-order valence-corrected chi connectivity index (χ2v) is 8.30. The Balaban J connectivity index is 1.41. The molecule has 0 saturated carbocycles. The average molecular weight is 491 g/mol. The number of aromatic nitrogens is 2. The highest BCUT2D eigenvalue weighted by molar-refractivity contribution is 7.17. The number of rotatable bonds is 5. The standard InChI is InChI=1S/C21H16F3N5O4S/c22-21(23,24)20-27-17(28-33-20)15-4-5-16(34-15)18(30)26-10-14-11-32-7-6-29(14)19(31)13-3-1-2-12(8-13)9-25/h1-5,8,14H,6-7,10-11H2,(H,26,30). The van der Waals surface area contributed by atoms with Gasteiger partial charge >= 0.3 is 12.1 Å². The first-order valence-corrected chi connectivity index (χ1v) is 10.8. The molecule has 1 unspecified atom stereocenters. The van der Waals surface area contributed by atoms with Gasteiger partial charge in [0.2, 0.25) is 5.82 Å². The minimum Gasteiger partial charge on any atom is -0.377 e. The van der Waals surface area contributed by atoms with Gasteiger partial charge in [-0.25, -0.2) is 0 Å². The third kappa shape index (κ3) is 5.08. The molecule has 1 aliphatic heterocycles. The van der Waals surface area contributed by atoms with Crippen LogP contribution in [0.5, 0.6) is 0 Å². The number of halogens is 3. The first-order valence-electron chi connectivity index (χ1n) is 9.94. The number of nitriles is 1. The lowest BCUT2D eigenvalue weighted by Crippen LogP contribution is -2.53. The highest BCUT2D eigenvalue weighted by Crippen LogP contribution is 2.31. The molecule has 0 spiro atoms. The van der Waals surface area contributed by atoms with Crippen molar-refractivity contribution in [3.63, 3.8) is 0 Å². The van der Waals surface area contributed by atoms with Crippen molar-refractivity contribution < 1.29 is 32.0 Å². The molecule has 13 heteroatoms. The normalized spacial score (nSPS) is 16.2. The van der Waals surface area contributed by atoms with Crippen molar-refractivity contribution in [2.45, 2.75) is 12.2 Å². The molecule has 1 saturated heterocycles. The number of amides is 2. The van der Waals surface area contributed by atoms with Crippen molar-refractivity contribution in [3.8, 4) is 16.8 Å². The minimum atomic E-state index is -4.76. The first-order chi connectivity index (χ1) is 16.3. The SMILES string of the molecule is N#Cc1cccc(C(=O)N2CCOCC2CNC(=O)c2ccc(-c3noc(C(F)(F)F)n3)s2)c1. The van der Waals surface area contributed by atoms with Gasteiger partial charge in [-0.3, -0.25) is 9.59 Å². The summed E-state index contributed by atoms with van der Waals surface area (Å²) in [6.07, 6.45) is -4.76. The van der Waals surface area contributed by atoms with E-state index in [0.29, 0.717) is 24.3 Å². The molecule has 1 aromatic carbocycles. The lowest BCUT2D eigenvalue weighted by molar-refractivity contribution is -0.159. The zero-order valence-corrected chi connectivity index (χ0v) is 18.2. The summed E-state index contributed by atoms with van der Waals surface area (Å²) < 4.78 is 47.6. The second-order valence-electron chi connectivity index (χ2n) is 7.21. The van der Waals surface area contributed by atoms with Gasteiger partial charge in [0.1, 0.15) is 0 Å². The molecule has 2 aromatic heterocycles. The number of alkyl halides is 3. The van der Waals surface area contributed by atoms with Crippen molar-refractivity contribution in [1.82, 2.24) is 20.4 Å². The van der Waals surface area contributed by atoms with Gasteiger partial charge in [-0.1, -0.05) is 11.2 Å². The fourth-order valence-electron chi connectivity index (χ4n) is 3.30. The number of thiophene rings is 1. The van der Waals surface area contributed by atoms with Gasteiger partial charge in [-0.2, -0.15) is 23.4 Å². The Hall–Kier alpha value is -3.76. The largest absolute Gasteiger partial charge is 0.471 e. The third-order valence-electron chi connectivity index (χ3n) is 4.94. The van der Waals surface area contributed by atoms with E-state index in [-0.39, 0.29) is 34.6 Å². The predicted molar refractivity (Wildman–Crippen MR) is 112 cm³/mol. The molecule has 1 N–H and O–H groups in total. The molecule has 9 nitrogen and oxygen atoms in total. The summed E-state index contributed by atoms with van der Waals surface area (Å²) in [6, 6.07) is 10.8. The van der Waals surface area contributed by atoms with E-state index in [9.17, 15) is 22.8 Å². The van der Waals surface area contributed by atoms with Gasteiger partial charge < -0.3 is 19.5 Å². The number of hydrogen-bond donors (Lipinski definition) is 1. The van der Waals surface area contributed by atoms with Gasteiger partial charge in [-0.05, 0) is 30.3 Å². The number of carbonyl (C=O) groups excluding carboxylic acids is 2. The molecule has 34 heavy (non-hydrogen) atoms. The maximum atomic E-state index is 13.0. The van der Waals surface area contributed by atoms with E-state index in [0.717, 1.165) is 11.3 Å². The molecule has 0 bridgehead atoms. The van der Waals surface area contributed by atoms with Crippen LogP contribution in [0.25, 0.3) is 10.7 Å². The van der Waals surface area contributed by atoms with Gasteiger partial charge in [-0.15, -0.1) is 11.3 Å². The average Bonchev–Trinajstić information content (AvgIpc) is 3.52. The van der Waals surface area contributed by atoms with E-state index in [4.69, 9.17) is 10.00 Å². The number of nitrogens with zero attached hydrogens (tertiary/aromatic N) is 4. The Kier molecular flexibility index (Phi) is 6.62. The van der Waals surface area contributed by atoms with Crippen molar-refractivity contribution >= 4 is 23.2 Å². The fraction of sp³-hybridized carbons (Fsp3) is 0.286. The summed E-state index contributed by atoms with van der Waals surface area (Å²) in [5.41, 5.74) is 0.722. The van der Waals surface area contributed by atoms with Gasteiger partial charge in [0.25, 0.3) is 11.8 Å². The van der Waals surface area contributed by atoms with Crippen LogP contribution in [-0.4, -0.2) is 59.2 Å². The number of hydrogen-bond acceptors (Lipinski definition) is 8. The van der Waals surface area contributed by atoms with E-state index >= 15 is 0 Å². The molecule has 1 atom stereocenters. The topological polar surface area (TPSA) is 121 Å². The molecular formula is C21H16F3N5O4S. The molecule has 1 aliphatic rings. The number of carbonyl (C=O) groups is 2. The predicted octanol–water partition coefficient (Wildman–Crippen LogP) is 2.96. The molecule has 4 rings (SSSR count). The lowest BCUT2D eigenvalue weighted by Gasteiger charge is -2.35. The Morgan fingerprint density at radius 1 is 1.29 bits per heavy atom. The molecule has 3 aromatic rings. The molecule has 2 amide bonds. The van der Waals surface area contributed by atoms with Crippen molar-refractivity contribution in [1.29, 1.82) is 5.26 Å². The summed E-state index contributed by atoms with van der Waals surface area (Å²) in [4.78, 5) is 30.9. The van der Waals surface area contributed by atoms with E-state index in [1.54, 1.807) is 23.1 Å². The molecule has 1 fully saturated rings. The molecule has 0 radical (unpaired) electrons. The minimum absolute atomic E-state index is 0.0934. The molecular weight excluding hydrogens is 475 g/mol. The van der Waals surface area contributed by atoms with Gasteiger partial charge in [0.05, 0.1) is 40.6 Å². The number of morpholine rings is 1. The zero-order chi connectivity index (χ0) is 24.3. The first kappa shape index (κ1) is 23.4. The van der Waals surface area contributed by atoms with Crippen LogP contribution in [0.2, 0.25) is 0 Å². The number of ether oxygens (including phenoxy) is 1.